The van der Waals surface area contributed by atoms with Gasteiger partial charge >= 0.3 is 0 Å². The molecule has 3 heterocycles. The van der Waals surface area contributed by atoms with Gasteiger partial charge in [0.05, 0.1) is 29.5 Å². The molecule has 2 aliphatic heterocycles. The van der Waals surface area contributed by atoms with E-state index in [0.717, 1.165) is 37.4 Å². The van der Waals surface area contributed by atoms with Gasteiger partial charge in [-0.25, -0.2) is 4.39 Å². The van der Waals surface area contributed by atoms with Gasteiger partial charge < -0.3 is 19.4 Å². The van der Waals surface area contributed by atoms with Crippen LogP contribution in [0.5, 0.6) is 0 Å². The van der Waals surface area contributed by atoms with Crippen LogP contribution in [0, 0.1) is 5.82 Å². The van der Waals surface area contributed by atoms with Crippen molar-refractivity contribution in [3.63, 3.8) is 0 Å². The molecule has 5 rings (SSSR count). The number of amides is 2. The summed E-state index contributed by atoms with van der Waals surface area (Å²) in [6.07, 6.45) is 0.745. The predicted molar refractivity (Wildman–Crippen MR) is 155 cm³/mol. The zero-order chi connectivity index (χ0) is 28.6. The van der Waals surface area contributed by atoms with Crippen molar-refractivity contribution in [3.8, 4) is 11.3 Å². The highest BCUT2D eigenvalue weighted by molar-refractivity contribution is 6.33. The minimum absolute atomic E-state index is 0.0249. The lowest BCUT2D eigenvalue weighted by Crippen LogP contribution is -2.48. The monoisotopic (exact) mass is 580 g/mol. The van der Waals surface area contributed by atoms with Crippen molar-refractivity contribution in [1.82, 2.24) is 24.9 Å². The highest BCUT2D eigenvalue weighted by Crippen LogP contribution is 2.26. The van der Waals surface area contributed by atoms with Crippen molar-refractivity contribution in [1.29, 1.82) is 0 Å². The molecular formula is C30H34ClFN6O3. The molecule has 0 radical (unpaired) electrons. The van der Waals surface area contributed by atoms with Crippen LogP contribution < -0.4 is 4.90 Å². The van der Waals surface area contributed by atoms with Gasteiger partial charge in [-0.05, 0) is 36.8 Å². The number of carbonyl (C=O) groups excluding carboxylic acids is 2. The second-order valence-electron chi connectivity index (χ2n) is 10.1. The molecule has 11 heteroatoms. The molecule has 0 saturated carbocycles. The topological polar surface area (TPSA) is 82.1 Å². The summed E-state index contributed by atoms with van der Waals surface area (Å²) >= 11 is 6.31. The molecule has 0 spiro atoms. The summed E-state index contributed by atoms with van der Waals surface area (Å²) in [5.74, 6) is -0.487. The lowest BCUT2D eigenvalue weighted by molar-refractivity contribution is -0.131. The normalized spacial score (nSPS) is 16.3. The van der Waals surface area contributed by atoms with Crippen LogP contribution in [0.3, 0.4) is 0 Å². The van der Waals surface area contributed by atoms with Crippen LogP contribution in [-0.4, -0.2) is 109 Å². The van der Waals surface area contributed by atoms with Crippen LogP contribution >= 0.6 is 11.6 Å². The number of benzene rings is 2. The molecule has 9 nitrogen and oxygen atoms in total. The minimum atomic E-state index is -0.589. The Bertz CT molecular complexity index is 1340. The zero-order valence-corrected chi connectivity index (χ0v) is 23.7. The van der Waals surface area contributed by atoms with E-state index < -0.39 is 11.7 Å². The van der Waals surface area contributed by atoms with E-state index in [-0.39, 0.29) is 18.0 Å². The maximum Gasteiger partial charge on any atom is 0.257 e. The van der Waals surface area contributed by atoms with Gasteiger partial charge in [0.15, 0.2) is 5.82 Å². The largest absolute Gasteiger partial charge is 0.379 e. The first-order valence-electron chi connectivity index (χ1n) is 13.9. The van der Waals surface area contributed by atoms with Gasteiger partial charge in [-0.15, -0.1) is 10.2 Å². The lowest BCUT2D eigenvalue weighted by atomic mass is 10.1. The van der Waals surface area contributed by atoms with Gasteiger partial charge in [0.2, 0.25) is 5.91 Å². The number of hydrogen-bond acceptors (Lipinski definition) is 7. The van der Waals surface area contributed by atoms with E-state index in [1.54, 1.807) is 17.0 Å². The summed E-state index contributed by atoms with van der Waals surface area (Å²) in [5, 5.41) is 9.42. The number of aromatic nitrogens is 2. The molecule has 0 N–H and O–H groups in total. The highest BCUT2D eigenvalue weighted by atomic mass is 35.5. The standard InChI is InChI=1S/C30H34ClFN6O3/c31-25-8-3-1-6-23(25)27-10-11-28(34-33-27)36-12-5-13-37(17-16-36)29(39)22-38(15-14-35-18-20-41-21-19-35)30(40)24-7-2-4-9-26(24)32/h1-4,6-11H,5,12-22H2. The van der Waals surface area contributed by atoms with E-state index in [1.807, 2.05) is 36.4 Å². The average molecular weight is 581 g/mol. The quantitative estimate of drug-likeness (QED) is 0.404. The first-order chi connectivity index (χ1) is 20.0. The molecule has 41 heavy (non-hydrogen) atoms. The highest BCUT2D eigenvalue weighted by Gasteiger charge is 2.26. The molecular weight excluding hydrogens is 547 g/mol. The fourth-order valence-electron chi connectivity index (χ4n) is 5.11. The second kappa shape index (κ2) is 13.8. The molecule has 3 aromatic rings. The summed E-state index contributed by atoms with van der Waals surface area (Å²) in [6, 6.07) is 17.2. The summed E-state index contributed by atoms with van der Waals surface area (Å²) in [6.45, 7) is 5.96. The molecule has 2 amide bonds. The average Bonchev–Trinajstić information content (AvgIpc) is 3.27. The minimum Gasteiger partial charge on any atom is -0.379 e. The molecule has 216 valence electrons. The van der Waals surface area contributed by atoms with Crippen molar-refractivity contribution in [3.05, 3.63) is 77.1 Å². The van der Waals surface area contributed by atoms with Gasteiger partial charge in [0.1, 0.15) is 12.4 Å². The molecule has 2 saturated heterocycles. The maximum atomic E-state index is 14.5. The van der Waals surface area contributed by atoms with Gasteiger partial charge in [-0.2, -0.15) is 0 Å². The Balaban J connectivity index is 1.22. The van der Waals surface area contributed by atoms with Crippen LogP contribution in [-0.2, 0) is 9.53 Å². The molecule has 2 aliphatic rings. The van der Waals surface area contributed by atoms with Crippen LogP contribution in [0.25, 0.3) is 11.3 Å². The number of ether oxygens (including phenoxy) is 1. The fraction of sp³-hybridized carbons (Fsp3) is 0.400. The molecule has 1 aromatic heterocycles. The summed E-state index contributed by atoms with van der Waals surface area (Å²) in [7, 11) is 0. The van der Waals surface area contributed by atoms with E-state index in [1.165, 1.54) is 17.0 Å². The fourth-order valence-corrected chi connectivity index (χ4v) is 5.34. The van der Waals surface area contributed by atoms with E-state index in [0.29, 0.717) is 56.7 Å². The van der Waals surface area contributed by atoms with Gasteiger partial charge in [-0.1, -0.05) is 41.9 Å². The number of halogens is 2. The Hall–Kier alpha value is -3.60. The Morgan fingerprint density at radius 2 is 1.68 bits per heavy atom. The van der Waals surface area contributed by atoms with Crippen molar-refractivity contribution < 1.29 is 18.7 Å². The van der Waals surface area contributed by atoms with Crippen molar-refractivity contribution in [2.45, 2.75) is 6.42 Å². The van der Waals surface area contributed by atoms with Gasteiger partial charge in [-0.3, -0.25) is 14.5 Å². The van der Waals surface area contributed by atoms with Crippen LogP contribution in [0.4, 0.5) is 10.2 Å². The number of morpholine rings is 1. The van der Waals surface area contributed by atoms with Crippen molar-refractivity contribution in [2.24, 2.45) is 0 Å². The number of anilines is 1. The lowest BCUT2D eigenvalue weighted by Gasteiger charge is -2.31. The third kappa shape index (κ3) is 7.38. The first kappa shape index (κ1) is 28.9. The number of nitrogens with zero attached hydrogens (tertiary/aromatic N) is 6. The smallest absolute Gasteiger partial charge is 0.257 e. The predicted octanol–water partition coefficient (Wildman–Crippen LogP) is 3.45. The first-order valence-corrected chi connectivity index (χ1v) is 14.3. The van der Waals surface area contributed by atoms with E-state index in [4.69, 9.17) is 16.3 Å². The van der Waals surface area contributed by atoms with Crippen LogP contribution in [0.1, 0.15) is 16.8 Å². The Morgan fingerprint density at radius 1 is 0.902 bits per heavy atom. The van der Waals surface area contributed by atoms with E-state index >= 15 is 0 Å². The van der Waals surface area contributed by atoms with Gasteiger partial charge in [0, 0.05) is 57.9 Å². The molecule has 0 atom stereocenters. The Labute approximate surface area is 244 Å². The van der Waals surface area contributed by atoms with Gasteiger partial charge in [0.25, 0.3) is 5.91 Å². The molecule has 0 bridgehead atoms. The Kier molecular flexibility index (Phi) is 9.76. The Morgan fingerprint density at radius 3 is 2.44 bits per heavy atom. The SMILES string of the molecule is O=C(CN(CCN1CCOCC1)C(=O)c1ccccc1F)N1CCCN(c2ccc(-c3ccccc3Cl)nn2)CC1. The molecule has 0 unspecified atom stereocenters. The zero-order valence-electron chi connectivity index (χ0n) is 22.9. The molecule has 0 aliphatic carbocycles. The summed E-state index contributed by atoms with van der Waals surface area (Å²) < 4.78 is 19.9. The molecule has 2 fully saturated rings. The maximum absolute atomic E-state index is 14.5. The summed E-state index contributed by atoms with van der Waals surface area (Å²) in [4.78, 5) is 34.4. The summed E-state index contributed by atoms with van der Waals surface area (Å²) in [5.41, 5.74) is 1.50. The van der Waals surface area contributed by atoms with E-state index in [9.17, 15) is 14.0 Å². The number of hydrogen-bond donors (Lipinski definition) is 0. The third-order valence-corrected chi connectivity index (χ3v) is 7.81. The van der Waals surface area contributed by atoms with Crippen LogP contribution in [0.15, 0.2) is 60.7 Å². The number of rotatable bonds is 8. The third-order valence-electron chi connectivity index (χ3n) is 7.48. The second-order valence-corrected chi connectivity index (χ2v) is 10.5. The van der Waals surface area contributed by atoms with Crippen molar-refractivity contribution >= 4 is 29.2 Å². The molecule has 2 aromatic carbocycles. The number of carbonyl (C=O) groups is 2. The van der Waals surface area contributed by atoms with E-state index in [2.05, 4.69) is 20.0 Å². The van der Waals surface area contributed by atoms with Crippen LogP contribution in [0.2, 0.25) is 5.02 Å². The van der Waals surface area contributed by atoms with Crippen molar-refractivity contribution in [2.75, 3.05) is 77.0 Å².